The van der Waals surface area contributed by atoms with E-state index < -0.39 is 11.6 Å². The van der Waals surface area contributed by atoms with Crippen molar-refractivity contribution in [2.75, 3.05) is 13.1 Å². The molecular formula is C12H15NO3. The fourth-order valence-electron chi connectivity index (χ4n) is 1.89. The maximum absolute atomic E-state index is 11.2. The van der Waals surface area contributed by atoms with Crippen LogP contribution in [-0.4, -0.2) is 29.8 Å². The van der Waals surface area contributed by atoms with E-state index in [9.17, 15) is 9.90 Å². The Kier molecular flexibility index (Phi) is 2.83. The fraction of sp³-hybridized carbons (Fsp3) is 0.417. The zero-order valence-corrected chi connectivity index (χ0v) is 9.19. The Morgan fingerprint density at radius 2 is 2.38 bits per heavy atom. The molecule has 2 rings (SSSR count). The number of aryl methyl sites for hydroxylation is 1. The van der Waals surface area contributed by atoms with E-state index >= 15 is 0 Å². The number of ether oxygens (including phenoxy) is 1. The topological polar surface area (TPSA) is 58.6 Å². The molecule has 1 atom stereocenters. The molecule has 0 radical (unpaired) electrons. The number of carbonyl (C=O) groups is 1. The van der Waals surface area contributed by atoms with E-state index in [0.29, 0.717) is 25.3 Å². The molecule has 1 fully saturated rings. The standard InChI is InChI=1S/C12H15NO3/c1-9-3-2-4-10(7-9)16-12(11(14)15)5-6-13-8-12/h2-4,7,13H,5-6,8H2,1H3,(H,14,15). The summed E-state index contributed by atoms with van der Waals surface area (Å²) in [5.41, 5.74) is -0.0441. The first-order valence-corrected chi connectivity index (χ1v) is 5.32. The molecule has 1 unspecified atom stereocenters. The third-order valence-electron chi connectivity index (χ3n) is 2.81. The van der Waals surface area contributed by atoms with Crippen LogP contribution in [0, 0.1) is 6.92 Å². The molecule has 1 heterocycles. The molecule has 0 saturated carbocycles. The minimum absolute atomic E-state index is 0.357. The van der Waals surface area contributed by atoms with Crippen molar-refractivity contribution < 1.29 is 14.6 Å². The molecular weight excluding hydrogens is 206 g/mol. The number of rotatable bonds is 3. The van der Waals surface area contributed by atoms with Crippen LogP contribution in [0.3, 0.4) is 0 Å². The van der Waals surface area contributed by atoms with Crippen molar-refractivity contribution in [3.63, 3.8) is 0 Å². The van der Waals surface area contributed by atoms with E-state index in [0.717, 1.165) is 5.56 Å². The molecule has 1 aromatic rings. The zero-order valence-electron chi connectivity index (χ0n) is 9.19. The molecule has 0 aliphatic carbocycles. The highest BCUT2D eigenvalue weighted by Crippen LogP contribution is 2.25. The number of carboxylic acid groups (broad SMARTS) is 1. The van der Waals surface area contributed by atoms with Gasteiger partial charge in [0.1, 0.15) is 5.75 Å². The van der Waals surface area contributed by atoms with Gasteiger partial charge in [0.2, 0.25) is 5.60 Å². The van der Waals surface area contributed by atoms with E-state index in [-0.39, 0.29) is 0 Å². The lowest BCUT2D eigenvalue weighted by Gasteiger charge is -2.24. The monoisotopic (exact) mass is 221 g/mol. The maximum Gasteiger partial charge on any atom is 0.349 e. The largest absolute Gasteiger partial charge is 0.478 e. The number of carboxylic acids is 1. The summed E-state index contributed by atoms with van der Waals surface area (Å²) in [6, 6.07) is 7.45. The van der Waals surface area contributed by atoms with Gasteiger partial charge in [-0.3, -0.25) is 0 Å². The van der Waals surface area contributed by atoms with Crippen molar-refractivity contribution >= 4 is 5.97 Å². The van der Waals surface area contributed by atoms with E-state index in [1.807, 2.05) is 25.1 Å². The number of aliphatic carboxylic acids is 1. The Balaban J connectivity index is 2.21. The average molecular weight is 221 g/mol. The highest BCUT2D eigenvalue weighted by molar-refractivity contribution is 5.78. The predicted molar refractivity (Wildman–Crippen MR) is 59.7 cm³/mol. The van der Waals surface area contributed by atoms with Gasteiger partial charge < -0.3 is 15.2 Å². The Morgan fingerprint density at radius 3 is 2.94 bits per heavy atom. The van der Waals surface area contributed by atoms with Crippen LogP contribution in [0.1, 0.15) is 12.0 Å². The van der Waals surface area contributed by atoms with Gasteiger partial charge in [-0.1, -0.05) is 12.1 Å². The van der Waals surface area contributed by atoms with E-state index in [4.69, 9.17) is 4.74 Å². The Morgan fingerprint density at radius 1 is 1.56 bits per heavy atom. The average Bonchev–Trinajstić information content (AvgIpc) is 2.67. The molecule has 0 spiro atoms. The smallest absolute Gasteiger partial charge is 0.349 e. The van der Waals surface area contributed by atoms with Crippen LogP contribution in [0.15, 0.2) is 24.3 Å². The van der Waals surface area contributed by atoms with Crippen LogP contribution in [0.5, 0.6) is 5.75 Å². The van der Waals surface area contributed by atoms with Gasteiger partial charge in [-0.2, -0.15) is 0 Å². The van der Waals surface area contributed by atoms with Crippen molar-refractivity contribution in [2.24, 2.45) is 0 Å². The Hall–Kier alpha value is -1.55. The summed E-state index contributed by atoms with van der Waals surface area (Å²) in [5.74, 6) is -0.287. The summed E-state index contributed by atoms with van der Waals surface area (Å²) in [6.07, 6.45) is 0.496. The van der Waals surface area contributed by atoms with Gasteiger partial charge in [0.25, 0.3) is 0 Å². The molecule has 0 amide bonds. The number of nitrogens with one attached hydrogen (secondary N) is 1. The van der Waals surface area contributed by atoms with Gasteiger partial charge in [0.15, 0.2) is 0 Å². The van der Waals surface area contributed by atoms with Crippen molar-refractivity contribution in [3.05, 3.63) is 29.8 Å². The van der Waals surface area contributed by atoms with E-state index in [1.54, 1.807) is 6.07 Å². The second kappa shape index (κ2) is 4.14. The third kappa shape index (κ3) is 2.02. The molecule has 86 valence electrons. The molecule has 1 aliphatic heterocycles. The highest BCUT2D eigenvalue weighted by Gasteiger charge is 2.44. The minimum Gasteiger partial charge on any atom is -0.478 e. The van der Waals surface area contributed by atoms with Crippen LogP contribution in [0.25, 0.3) is 0 Å². The fourth-order valence-corrected chi connectivity index (χ4v) is 1.89. The quantitative estimate of drug-likeness (QED) is 0.805. The van der Waals surface area contributed by atoms with Gasteiger partial charge in [-0.25, -0.2) is 4.79 Å². The summed E-state index contributed by atoms with van der Waals surface area (Å²) in [4.78, 5) is 11.2. The van der Waals surface area contributed by atoms with Gasteiger partial charge in [-0.05, 0) is 31.2 Å². The van der Waals surface area contributed by atoms with Crippen molar-refractivity contribution in [2.45, 2.75) is 18.9 Å². The van der Waals surface area contributed by atoms with Gasteiger partial charge in [0, 0.05) is 13.0 Å². The lowest BCUT2D eigenvalue weighted by atomic mass is 10.0. The number of hydrogen-bond donors (Lipinski definition) is 2. The van der Waals surface area contributed by atoms with E-state index in [2.05, 4.69) is 5.32 Å². The van der Waals surface area contributed by atoms with Crippen molar-refractivity contribution in [1.82, 2.24) is 5.32 Å². The Bertz CT molecular complexity index is 397. The second-order valence-electron chi connectivity index (χ2n) is 4.14. The molecule has 1 aromatic carbocycles. The maximum atomic E-state index is 11.2. The molecule has 4 nitrogen and oxygen atoms in total. The van der Waals surface area contributed by atoms with Crippen LogP contribution >= 0.6 is 0 Å². The van der Waals surface area contributed by atoms with Crippen LogP contribution in [-0.2, 0) is 4.79 Å². The van der Waals surface area contributed by atoms with E-state index in [1.165, 1.54) is 0 Å². The van der Waals surface area contributed by atoms with Crippen molar-refractivity contribution in [3.8, 4) is 5.75 Å². The van der Waals surface area contributed by atoms with Crippen molar-refractivity contribution in [1.29, 1.82) is 0 Å². The summed E-state index contributed by atoms with van der Waals surface area (Å²) < 4.78 is 5.64. The summed E-state index contributed by atoms with van der Waals surface area (Å²) in [6.45, 7) is 2.99. The zero-order chi connectivity index (χ0) is 11.6. The molecule has 4 heteroatoms. The molecule has 16 heavy (non-hydrogen) atoms. The normalized spacial score (nSPS) is 24.3. The number of benzene rings is 1. The first kappa shape index (κ1) is 11.0. The lowest BCUT2D eigenvalue weighted by Crippen LogP contribution is -2.46. The first-order valence-electron chi connectivity index (χ1n) is 5.32. The van der Waals surface area contributed by atoms with Crippen LogP contribution in [0.4, 0.5) is 0 Å². The van der Waals surface area contributed by atoms with Crippen LogP contribution in [0.2, 0.25) is 0 Å². The minimum atomic E-state index is -1.10. The first-order chi connectivity index (χ1) is 7.62. The summed E-state index contributed by atoms with van der Waals surface area (Å²) >= 11 is 0. The molecule has 2 N–H and O–H groups in total. The van der Waals surface area contributed by atoms with Crippen LogP contribution < -0.4 is 10.1 Å². The SMILES string of the molecule is Cc1cccc(OC2(C(=O)O)CCNC2)c1. The highest BCUT2D eigenvalue weighted by atomic mass is 16.5. The van der Waals surface area contributed by atoms with Gasteiger partial charge >= 0.3 is 5.97 Å². The third-order valence-corrected chi connectivity index (χ3v) is 2.81. The summed E-state index contributed by atoms with van der Waals surface area (Å²) in [7, 11) is 0. The molecule has 0 aromatic heterocycles. The van der Waals surface area contributed by atoms with Gasteiger partial charge in [-0.15, -0.1) is 0 Å². The Labute approximate surface area is 94.2 Å². The molecule has 0 bridgehead atoms. The predicted octanol–water partition coefficient (Wildman–Crippen LogP) is 1.19. The molecule has 1 saturated heterocycles. The summed E-state index contributed by atoms with van der Waals surface area (Å²) in [5, 5.41) is 12.3. The number of hydrogen-bond acceptors (Lipinski definition) is 3. The molecule has 1 aliphatic rings. The van der Waals surface area contributed by atoms with Gasteiger partial charge in [0.05, 0.1) is 0 Å². The second-order valence-corrected chi connectivity index (χ2v) is 4.14. The lowest BCUT2D eigenvalue weighted by molar-refractivity contribution is -0.153.